The Balaban J connectivity index is 2.69. The van der Waals surface area contributed by atoms with E-state index in [-0.39, 0.29) is 0 Å². The highest BCUT2D eigenvalue weighted by Crippen LogP contribution is 2.21. The van der Waals surface area contributed by atoms with Crippen molar-refractivity contribution in [2.45, 2.75) is 13.8 Å². The van der Waals surface area contributed by atoms with E-state index < -0.39 is 0 Å². The molecule has 17 heavy (non-hydrogen) atoms. The maximum atomic E-state index is 5.71. The molecule has 0 saturated heterocycles. The Morgan fingerprint density at radius 2 is 2.12 bits per heavy atom. The van der Waals surface area contributed by atoms with Crippen molar-refractivity contribution in [3.05, 3.63) is 39.9 Å². The van der Waals surface area contributed by atoms with Gasteiger partial charge in [-0.05, 0) is 32.0 Å². The average Bonchev–Trinajstić information content (AvgIpc) is 2.57. The number of nitrogens with two attached hydrogens (primary N) is 1. The summed E-state index contributed by atoms with van der Waals surface area (Å²) in [5.41, 5.74) is 7.34. The van der Waals surface area contributed by atoms with Crippen LogP contribution in [0, 0.1) is 13.8 Å². The maximum Gasteiger partial charge on any atom is 0.148 e. The van der Waals surface area contributed by atoms with Gasteiger partial charge in [0.25, 0.3) is 0 Å². The molecule has 88 valence electrons. The van der Waals surface area contributed by atoms with Gasteiger partial charge in [0.15, 0.2) is 0 Å². The molecule has 1 aromatic carbocycles. The Labute approximate surface area is 113 Å². The van der Waals surface area contributed by atoms with Crippen LogP contribution in [-0.4, -0.2) is 19.8 Å². The lowest BCUT2D eigenvalue weighted by Gasteiger charge is -2.09. The summed E-state index contributed by atoms with van der Waals surface area (Å²) in [5.74, 6) is 1.52. The predicted molar refractivity (Wildman–Crippen MR) is 74.4 cm³/mol. The molecular formula is C11H11BrN4S. The first-order chi connectivity index (χ1) is 7.99. The quantitative estimate of drug-likeness (QED) is 0.865. The van der Waals surface area contributed by atoms with Crippen molar-refractivity contribution < 1.29 is 0 Å². The van der Waals surface area contributed by atoms with Crippen molar-refractivity contribution in [2.75, 3.05) is 0 Å². The standard InChI is InChI=1S/C11H11BrN4S/c1-6-14-7(2)16(15-6)10-5-8(12)3-4-9(10)11(13)17/h3-5H,1-2H3,(H2,13,17). The van der Waals surface area contributed by atoms with Crippen molar-refractivity contribution in [1.82, 2.24) is 14.8 Å². The van der Waals surface area contributed by atoms with E-state index >= 15 is 0 Å². The molecule has 0 aliphatic rings. The predicted octanol–water partition coefficient (Wildman–Crippen LogP) is 2.28. The van der Waals surface area contributed by atoms with E-state index in [1.165, 1.54) is 0 Å². The fourth-order valence-electron chi connectivity index (χ4n) is 1.64. The van der Waals surface area contributed by atoms with Crippen LogP contribution in [0.3, 0.4) is 0 Å². The third-order valence-corrected chi connectivity index (χ3v) is 3.04. The summed E-state index contributed by atoms with van der Waals surface area (Å²) in [7, 11) is 0. The molecule has 0 fully saturated rings. The van der Waals surface area contributed by atoms with E-state index in [0.29, 0.717) is 4.99 Å². The number of thiocarbonyl (C=S) groups is 1. The molecule has 1 aromatic heterocycles. The Hall–Kier alpha value is -1.27. The van der Waals surface area contributed by atoms with Gasteiger partial charge >= 0.3 is 0 Å². The first-order valence-electron chi connectivity index (χ1n) is 4.99. The molecule has 0 spiro atoms. The third kappa shape index (κ3) is 2.37. The second-order valence-corrected chi connectivity index (χ2v) is 5.00. The van der Waals surface area contributed by atoms with E-state index in [9.17, 15) is 0 Å². The largest absolute Gasteiger partial charge is 0.389 e. The fraction of sp³-hybridized carbons (Fsp3) is 0.182. The van der Waals surface area contributed by atoms with Crippen molar-refractivity contribution in [3.63, 3.8) is 0 Å². The van der Waals surface area contributed by atoms with Crippen LogP contribution >= 0.6 is 28.1 Å². The Morgan fingerprint density at radius 3 is 2.65 bits per heavy atom. The molecular weight excluding hydrogens is 300 g/mol. The molecule has 0 saturated carbocycles. The zero-order chi connectivity index (χ0) is 12.6. The van der Waals surface area contributed by atoms with Gasteiger partial charge in [0, 0.05) is 10.0 Å². The molecule has 0 radical (unpaired) electrons. The minimum Gasteiger partial charge on any atom is -0.389 e. The normalized spacial score (nSPS) is 10.5. The van der Waals surface area contributed by atoms with Gasteiger partial charge in [-0.15, -0.1) is 0 Å². The van der Waals surface area contributed by atoms with Crippen molar-refractivity contribution >= 4 is 33.1 Å². The maximum absolute atomic E-state index is 5.71. The second kappa shape index (κ2) is 4.54. The third-order valence-electron chi connectivity index (χ3n) is 2.33. The van der Waals surface area contributed by atoms with Gasteiger partial charge in [-0.1, -0.05) is 28.1 Å². The summed E-state index contributed by atoms with van der Waals surface area (Å²) in [6, 6.07) is 5.70. The van der Waals surface area contributed by atoms with Crippen LogP contribution in [0.15, 0.2) is 22.7 Å². The number of aryl methyl sites for hydroxylation is 2. The summed E-state index contributed by atoms with van der Waals surface area (Å²) in [6.07, 6.45) is 0. The zero-order valence-corrected chi connectivity index (χ0v) is 11.8. The average molecular weight is 311 g/mol. The van der Waals surface area contributed by atoms with Gasteiger partial charge in [0.1, 0.15) is 16.6 Å². The van der Waals surface area contributed by atoms with Crippen LogP contribution in [0.1, 0.15) is 17.2 Å². The number of benzene rings is 1. The van der Waals surface area contributed by atoms with Gasteiger partial charge in [0.2, 0.25) is 0 Å². The molecule has 0 unspecified atom stereocenters. The van der Waals surface area contributed by atoms with Crippen LogP contribution in [0.25, 0.3) is 5.69 Å². The highest BCUT2D eigenvalue weighted by molar-refractivity contribution is 9.10. The number of hydrogen-bond donors (Lipinski definition) is 1. The summed E-state index contributed by atoms with van der Waals surface area (Å²) >= 11 is 8.47. The van der Waals surface area contributed by atoms with E-state index in [1.807, 2.05) is 32.0 Å². The number of rotatable bonds is 2. The number of nitrogens with zero attached hydrogens (tertiary/aromatic N) is 3. The van der Waals surface area contributed by atoms with E-state index in [2.05, 4.69) is 26.0 Å². The second-order valence-electron chi connectivity index (χ2n) is 3.64. The number of halogens is 1. The lowest BCUT2D eigenvalue weighted by Crippen LogP contribution is -2.14. The van der Waals surface area contributed by atoms with E-state index in [0.717, 1.165) is 27.4 Å². The summed E-state index contributed by atoms with van der Waals surface area (Å²) in [4.78, 5) is 4.62. The first-order valence-corrected chi connectivity index (χ1v) is 6.19. The Morgan fingerprint density at radius 1 is 1.41 bits per heavy atom. The van der Waals surface area contributed by atoms with Gasteiger partial charge in [-0.3, -0.25) is 0 Å². The molecule has 2 rings (SSSR count). The lowest BCUT2D eigenvalue weighted by atomic mass is 10.2. The Bertz CT molecular complexity index is 591. The minimum atomic E-state index is 0.347. The van der Waals surface area contributed by atoms with E-state index in [1.54, 1.807) is 4.68 Å². The highest BCUT2D eigenvalue weighted by atomic mass is 79.9. The summed E-state index contributed by atoms with van der Waals surface area (Å²) in [5, 5.41) is 4.33. The first kappa shape index (κ1) is 12.2. The van der Waals surface area contributed by atoms with Crippen LogP contribution in [-0.2, 0) is 0 Å². The highest BCUT2D eigenvalue weighted by Gasteiger charge is 2.12. The van der Waals surface area contributed by atoms with Crippen molar-refractivity contribution in [2.24, 2.45) is 5.73 Å². The van der Waals surface area contributed by atoms with Crippen molar-refractivity contribution in [3.8, 4) is 5.69 Å². The topological polar surface area (TPSA) is 56.7 Å². The Kier molecular flexibility index (Phi) is 3.26. The van der Waals surface area contributed by atoms with Crippen LogP contribution in [0.4, 0.5) is 0 Å². The van der Waals surface area contributed by atoms with Crippen molar-refractivity contribution in [1.29, 1.82) is 0 Å². The SMILES string of the molecule is Cc1nc(C)n(-c2cc(Br)ccc2C(N)=S)n1. The van der Waals surface area contributed by atoms with Crippen LogP contribution in [0.2, 0.25) is 0 Å². The molecule has 0 aliphatic carbocycles. The molecule has 2 N–H and O–H groups in total. The molecule has 0 aliphatic heterocycles. The lowest BCUT2D eigenvalue weighted by molar-refractivity contribution is 0.829. The van der Waals surface area contributed by atoms with Gasteiger partial charge in [0.05, 0.1) is 5.69 Å². The zero-order valence-electron chi connectivity index (χ0n) is 9.44. The minimum absolute atomic E-state index is 0.347. The molecule has 4 nitrogen and oxygen atoms in total. The molecule has 0 atom stereocenters. The van der Waals surface area contributed by atoms with Gasteiger partial charge in [-0.25, -0.2) is 9.67 Å². The van der Waals surface area contributed by atoms with Gasteiger partial charge in [-0.2, -0.15) is 5.10 Å². The molecule has 0 amide bonds. The summed E-state index contributed by atoms with van der Waals surface area (Å²) < 4.78 is 2.69. The smallest absolute Gasteiger partial charge is 0.148 e. The fourth-order valence-corrected chi connectivity index (χ4v) is 2.16. The van der Waals surface area contributed by atoms with E-state index in [4.69, 9.17) is 18.0 Å². The van der Waals surface area contributed by atoms with Gasteiger partial charge < -0.3 is 5.73 Å². The molecule has 2 aromatic rings. The molecule has 1 heterocycles. The summed E-state index contributed by atoms with van der Waals surface area (Å²) in [6.45, 7) is 3.74. The monoisotopic (exact) mass is 310 g/mol. The van der Waals surface area contributed by atoms with Crippen LogP contribution in [0.5, 0.6) is 0 Å². The number of aromatic nitrogens is 3. The molecule has 0 bridgehead atoms. The van der Waals surface area contributed by atoms with Crippen LogP contribution < -0.4 is 5.73 Å². The number of hydrogen-bond acceptors (Lipinski definition) is 3. The molecule has 6 heteroatoms.